The van der Waals surface area contributed by atoms with Gasteiger partial charge in [-0.05, 0) is 17.7 Å². The van der Waals surface area contributed by atoms with Crippen molar-refractivity contribution in [3.8, 4) is 0 Å². The monoisotopic (exact) mass is 277 g/mol. The molecule has 2 aromatic rings. The zero-order valence-corrected chi connectivity index (χ0v) is 10.7. The molecule has 1 heterocycles. The van der Waals surface area contributed by atoms with Gasteiger partial charge < -0.3 is 10.6 Å². The van der Waals surface area contributed by atoms with Crippen LogP contribution in [0.3, 0.4) is 0 Å². The first-order valence-corrected chi connectivity index (χ1v) is 5.70. The molecule has 0 amide bonds. The lowest BCUT2D eigenvalue weighted by Gasteiger charge is -2.18. The molecule has 20 heavy (non-hydrogen) atoms. The third-order valence-corrected chi connectivity index (χ3v) is 2.66. The average Bonchev–Trinajstić information content (AvgIpc) is 2.41. The van der Waals surface area contributed by atoms with Crippen LogP contribution in [0.15, 0.2) is 30.5 Å². The van der Waals surface area contributed by atoms with Crippen molar-refractivity contribution in [1.29, 1.82) is 0 Å². The third-order valence-electron chi connectivity index (χ3n) is 2.66. The molecule has 104 valence electrons. The third kappa shape index (κ3) is 2.97. The average molecular weight is 277 g/mol. The van der Waals surface area contributed by atoms with Crippen LogP contribution in [-0.2, 0) is 6.54 Å². The largest absolute Gasteiger partial charge is 0.368 e. The Morgan fingerprint density at radius 3 is 2.65 bits per heavy atom. The SMILES string of the molecule is CN(Cc1ccc(F)cc1)c1nc(N)ncc1[N+](=O)[O-]. The van der Waals surface area contributed by atoms with E-state index in [2.05, 4.69) is 9.97 Å². The van der Waals surface area contributed by atoms with E-state index >= 15 is 0 Å². The maximum Gasteiger partial charge on any atom is 0.329 e. The number of nitrogens with zero attached hydrogens (tertiary/aromatic N) is 4. The van der Waals surface area contributed by atoms with E-state index in [9.17, 15) is 14.5 Å². The zero-order chi connectivity index (χ0) is 14.7. The Hall–Kier alpha value is -2.77. The fourth-order valence-electron chi connectivity index (χ4n) is 1.73. The van der Waals surface area contributed by atoms with Crippen LogP contribution in [0.4, 0.5) is 21.8 Å². The Kier molecular flexibility index (Phi) is 3.74. The van der Waals surface area contributed by atoms with Gasteiger partial charge in [-0.2, -0.15) is 4.98 Å². The van der Waals surface area contributed by atoms with E-state index in [-0.39, 0.29) is 23.3 Å². The van der Waals surface area contributed by atoms with Gasteiger partial charge >= 0.3 is 5.69 Å². The van der Waals surface area contributed by atoms with Gasteiger partial charge in [-0.25, -0.2) is 9.37 Å². The van der Waals surface area contributed by atoms with Crippen molar-refractivity contribution in [2.45, 2.75) is 6.54 Å². The highest BCUT2D eigenvalue weighted by molar-refractivity contribution is 5.58. The molecule has 0 aliphatic rings. The Bertz CT molecular complexity index is 632. The summed E-state index contributed by atoms with van der Waals surface area (Å²) >= 11 is 0. The molecule has 0 fully saturated rings. The summed E-state index contributed by atoms with van der Waals surface area (Å²) in [5.74, 6) is -0.267. The minimum Gasteiger partial charge on any atom is -0.368 e. The maximum absolute atomic E-state index is 12.8. The predicted molar refractivity (Wildman–Crippen MR) is 71.6 cm³/mol. The van der Waals surface area contributed by atoms with Crippen LogP contribution in [0.25, 0.3) is 0 Å². The minimum atomic E-state index is -0.573. The van der Waals surface area contributed by atoms with Gasteiger partial charge in [-0.15, -0.1) is 0 Å². The standard InChI is InChI=1S/C12H12FN5O2/c1-17(7-8-2-4-9(13)5-3-8)11-10(18(19)20)6-15-12(14)16-11/h2-6H,7H2,1H3,(H2,14,15,16). The van der Waals surface area contributed by atoms with E-state index in [0.29, 0.717) is 6.54 Å². The minimum absolute atomic E-state index is 0.0449. The molecule has 1 aromatic carbocycles. The van der Waals surface area contributed by atoms with Gasteiger partial charge in [-0.1, -0.05) is 12.1 Å². The Labute approximate surface area is 114 Å². The van der Waals surface area contributed by atoms with Crippen LogP contribution in [-0.4, -0.2) is 21.9 Å². The summed E-state index contributed by atoms with van der Waals surface area (Å²) < 4.78 is 12.8. The van der Waals surface area contributed by atoms with E-state index in [1.807, 2.05) is 0 Å². The maximum atomic E-state index is 12.8. The van der Waals surface area contributed by atoms with Gasteiger partial charge in [0, 0.05) is 13.6 Å². The van der Waals surface area contributed by atoms with E-state index < -0.39 is 4.92 Å². The first-order valence-electron chi connectivity index (χ1n) is 5.70. The number of anilines is 2. The summed E-state index contributed by atoms with van der Waals surface area (Å²) in [6.07, 6.45) is 1.07. The van der Waals surface area contributed by atoms with Gasteiger partial charge in [0.2, 0.25) is 11.8 Å². The van der Waals surface area contributed by atoms with Crippen molar-refractivity contribution < 1.29 is 9.31 Å². The number of nitrogen functional groups attached to an aromatic ring is 1. The molecule has 8 heteroatoms. The van der Waals surface area contributed by atoms with Crippen molar-refractivity contribution in [2.75, 3.05) is 17.7 Å². The van der Waals surface area contributed by atoms with Gasteiger partial charge in [0.15, 0.2) is 0 Å². The fraction of sp³-hybridized carbons (Fsp3) is 0.167. The zero-order valence-electron chi connectivity index (χ0n) is 10.7. The van der Waals surface area contributed by atoms with Crippen LogP contribution in [0.1, 0.15) is 5.56 Å². The molecule has 1 aromatic heterocycles. The molecule has 2 rings (SSSR count). The van der Waals surface area contributed by atoms with Crippen LogP contribution in [0.5, 0.6) is 0 Å². The number of rotatable bonds is 4. The molecule has 0 aliphatic carbocycles. The molecule has 7 nitrogen and oxygen atoms in total. The second kappa shape index (κ2) is 5.47. The lowest BCUT2D eigenvalue weighted by molar-refractivity contribution is -0.384. The smallest absolute Gasteiger partial charge is 0.329 e. The lowest BCUT2D eigenvalue weighted by atomic mass is 10.2. The predicted octanol–water partition coefficient (Wildman–Crippen LogP) is 1.74. The van der Waals surface area contributed by atoms with E-state index in [1.54, 1.807) is 24.1 Å². The molecule has 0 atom stereocenters. The fourth-order valence-corrected chi connectivity index (χ4v) is 1.73. The lowest BCUT2D eigenvalue weighted by Crippen LogP contribution is -2.20. The molecule has 0 radical (unpaired) electrons. The summed E-state index contributed by atoms with van der Waals surface area (Å²) in [5.41, 5.74) is 6.02. The number of nitrogens with two attached hydrogens (primary N) is 1. The van der Waals surface area contributed by atoms with E-state index in [0.717, 1.165) is 11.8 Å². The van der Waals surface area contributed by atoms with Crippen LogP contribution in [0, 0.1) is 15.9 Å². The number of halogens is 1. The van der Waals surface area contributed by atoms with E-state index in [1.165, 1.54) is 12.1 Å². The molecular formula is C12H12FN5O2. The van der Waals surface area contributed by atoms with Crippen molar-refractivity contribution in [3.05, 3.63) is 52.0 Å². The van der Waals surface area contributed by atoms with Crippen molar-refractivity contribution >= 4 is 17.5 Å². The number of hydrogen-bond donors (Lipinski definition) is 1. The first kappa shape index (κ1) is 13.7. The molecule has 0 spiro atoms. The second-order valence-corrected chi connectivity index (χ2v) is 4.18. The molecule has 0 aliphatic heterocycles. The van der Waals surface area contributed by atoms with Crippen molar-refractivity contribution in [1.82, 2.24) is 9.97 Å². The quantitative estimate of drug-likeness (QED) is 0.675. The van der Waals surface area contributed by atoms with Gasteiger partial charge in [0.05, 0.1) is 4.92 Å². The normalized spacial score (nSPS) is 10.3. The second-order valence-electron chi connectivity index (χ2n) is 4.18. The molecule has 0 saturated carbocycles. The molecular weight excluding hydrogens is 265 g/mol. The van der Waals surface area contributed by atoms with Gasteiger partial charge in [-0.3, -0.25) is 10.1 Å². The number of benzene rings is 1. The van der Waals surface area contributed by atoms with Gasteiger partial charge in [0.25, 0.3) is 0 Å². The molecule has 2 N–H and O–H groups in total. The Balaban J connectivity index is 2.28. The first-order chi connectivity index (χ1) is 9.47. The van der Waals surface area contributed by atoms with Crippen molar-refractivity contribution in [2.24, 2.45) is 0 Å². The molecule has 0 saturated heterocycles. The highest BCUT2D eigenvalue weighted by Gasteiger charge is 2.20. The summed E-state index contributed by atoms with van der Waals surface area (Å²) in [7, 11) is 1.64. The van der Waals surface area contributed by atoms with Crippen LogP contribution < -0.4 is 10.6 Å². The van der Waals surface area contributed by atoms with Gasteiger partial charge in [0.1, 0.15) is 12.0 Å². The molecule has 0 bridgehead atoms. The topological polar surface area (TPSA) is 98.2 Å². The highest BCUT2D eigenvalue weighted by Crippen LogP contribution is 2.25. The van der Waals surface area contributed by atoms with E-state index in [4.69, 9.17) is 5.73 Å². The summed E-state index contributed by atoms with van der Waals surface area (Å²) in [6.45, 7) is 0.331. The Morgan fingerprint density at radius 1 is 1.40 bits per heavy atom. The number of aromatic nitrogens is 2. The van der Waals surface area contributed by atoms with Crippen molar-refractivity contribution in [3.63, 3.8) is 0 Å². The summed E-state index contributed by atoms with van der Waals surface area (Å²) in [6, 6.07) is 5.85. The highest BCUT2D eigenvalue weighted by atomic mass is 19.1. The Morgan fingerprint density at radius 2 is 2.05 bits per heavy atom. The van der Waals surface area contributed by atoms with Crippen LogP contribution >= 0.6 is 0 Å². The summed E-state index contributed by atoms with van der Waals surface area (Å²) in [4.78, 5) is 19.4. The number of nitro groups is 1. The van der Waals surface area contributed by atoms with Crippen LogP contribution in [0.2, 0.25) is 0 Å². The number of hydrogen-bond acceptors (Lipinski definition) is 6. The summed E-state index contributed by atoms with van der Waals surface area (Å²) in [5, 5.41) is 10.9. The molecule has 0 unspecified atom stereocenters.